The molecule has 0 bridgehead atoms. The SMILES string of the molecule is C=CC[PH](=O)N[C@@H](CO)C(=O)O. The van der Waals surface area contributed by atoms with E-state index in [1.807, 2.05) is 0 Å². The Morgan fingerprint density at radius 3 is 2.67 bits per heavy atom. The average molecular weight is 193 g/mol. The van der Waals surface area contributed by atoms with E-state index in [0.29, 0.717) is 0 Å². The van der Waals surface area contributed by atoms with Crippen LogP contribution in [0.25, 0.3) is 0 Å². The lowest BCUT2D eigenvalue weighted by atomic mass is 10.3. The van der Waals surface area contributed by atoms with Crippen LogP contribution in [0.5, 0.6) is 0 Å². The molecule has 0 fully saturated rings. The fourth-order valence-electron chi connectivity index (χ4n) is 0.570. The predicted octanol–water partition coefficient (Wildman–Crippen LogP) is -0.318. The van der Waals surface area contributed by atoms with Gasteiger partial charge in [-0.05, 0) is 0 Å². The summed E-state index contributed by atoms with van der Waals surface area (Å²) in [6, 6.07) is -1.14. The van der Waals surface area contributed by atoms with E-state index in [0.717, 1.165) is 0 Å². The van der Waals surface area contributed by atoms with Crippen molar-refractivity contribution in [3.05, 3.63) is 12.7 Å². The van der Waals surface area contributed by atoms with E-state index < -0.39 is 26.6 Å². The molecular weight excluding hydrogens is 181 g/mol. The van der Waals surface area contributed by atoms with Crippen LogP contribution in [0, 0.1) is 0 Å². The summed E-state index contributed by atoms with van der Waals surface area (Å²) in [7, 11) is -2.15. The molecule has 0 aliphatic heterocycles. The number of aliphatic carboxylic acids is 1. The molecule has 2 atom stereocenters. The molecule has 70 valence electrons. The van der Waals surface area contributed by atoms with Gasteiger partial charge in [0.05, 0.1) is 6.61 Å². The highest BCUT2D eigenvalue weighted by atomic mass is 31.1. The molecule has 0 spiro atoms. The van der Waals surface area contributed by atoms with Gasteiger partial charge in [0.1, 0.15) is 14.0 Å². The molecular formula is C6H12NO4P. The van der Waals surface area contributed by atoms with Crippen LogP contribution in [0.2, 0.25) is 0 Å². The van der Waals surface area contributed by atoms with Crippen LogP contribution in [-0.4, -0.2) is 35.0 Å². The van der Waals surface area contributed by atoms with Crippen LogP contribution in [-0.2, 0) is 9.36 Å². The highest BCUT2D eigenvalue weighted by molar-refractivity contribution is 7.42. The Balaban J connectivity index is 3.93. The Morgan fingerprint density at radius 1 is 1.75 bits per heavy atom. The molecule has 0 aliphatic rings. The quantitative estimate of drug-likeness (QED) is 0.397. The Labute approximate surface area is 70.9 Å². The molecule has 12 heavy (non-hydrogen) atoms. The fraction of sp³-hybridized carbons (Fsp3) is 0.500. The Bertz CT molecular complexity index is 194. The molecule has 0 aromatic rings. The van der Waals surface area contributed by atoms with Crippen molar-refractivity contribution in [3.63, 3.8) is 0 Å². The van der Waals surface area contributed by atoms with Crippen LogP contribution in [0.4, 0.5) is 0 Å². The first kappa shape index (κ1) is 11.4. The number of allylic oxidation sites excluding steroid dienone is 1. The first-order valence-electron chi connectivity index (χ1n) is 3.35. The van der Waals surface area contributed by atoms with E-state index in [-0.39, 0.29) is 6.16 Å². The lowest BCUT2D eigenvalue weighted by molar-refractivity contribution is -0.139. The van der Waals surface area contributed by atoms with Crippen molar-refractivity contribution >= 4 is 13.9 Å². The third-order valence-corrected chi connectivity index (χ3v) is 2.48. The Hall–Kier alpha value is -0.640. The molecule has 0 amide bonds. The second-order valence-corrected chi connectivity index (χ2v) is 3.68. The smallest absolute Gasteiger partial charge is 0.323 e. The van der Waals surface area contributed by atoms with E-state index in [1.54, 1.807) is 0 Å². The molecule has 0 heterocycles. The number of aliphatic hydroxyl groups is 1. The topological polar surface area (TPSA) is 86.6 Å². The summed E-state index contributed by atoms with van der Waals surface area (Å²) in [6.07, 6.45) is 1.67. The molecule has 3 N–H and O–H groups in total. The van der Waals surface area contributed by atoms with Gasteiger partial charge in [0.15, 0.2) is 0 Å². The van der Waals surface area contributed by atoms with Gasteiger partial charge in [-0.25, -0.2) is 0 Å². The van der Waals surface area contributed by atoms with Crippen molar-refractivity contribution in [1.29, 1.82) is 0 Å². The molecule has 0 saturated carbocycles. The van der Waals surface area contributed by atoms with Crippen molar-refractivity contribution in [2.75, 3.05) is 12.8 Å². The number of carboxylic acid groups (broad SMARTS) is 1. The second-order valence-electron chi connectivity index (χ2n) is 2.13. The van der Waals surface area contributed by atoms with Crippen LogP contribution < -0.4 is 5.09 Å². The minimum Gasteiger partial charge on any atom is -0.480 e. The number of carboxylic acids is 1. The third-order valence-electron chi connectivity index (χ3n) is 1.15. The van der Waals surface area contributed by atoms with Crippen LogP contribution in [0.3, 0.4) is 0 Å². The normalized spacial score (nSPS) is 15.1. The molecule has 0 saturated heterocycles. The molecule has 0 aliphatic carbocycles. The van der Waals surface area contributed by atoms with Crippen molar-refractivity contribution in [3.8, 4) is 0 Å². The lowest BCUT2D eigenvalue weighted by Crippen LogP contribution is -2.35. The maximum absolute atomic E-state index is 10.9. The monoisotopic (exact) mass is 193 g/mol. The molecule has 1 unspecified atom stereocenters. The van der Waals surface area contributed by atoms with E-state index in [2.05, 4.69) is 11.7 Å². The van der Waals surface area contributed by atoms with E-state index in [4.69, 9.17) is 10.2 Å². The first-order chi connectivity index (χ1) is 5.61. The zero-order chi connectivity index (χ0) is 9.56. The minimum absolute atomic E-state index is 0.231. The molecule has 0 aromatic heterocycles. The predicted molar refractivity (Wildman–Crippen MR) is 45.7 cm³/mol. The number of nitrogens with one attached hydrogen (secondary N) is 1. The van der Waals surface area contributed by atoms with Gasteiger partial charge >= 0.3 is 5.97 Å². The van der Waals surface area contributed by atoms with Gasteiger partial charge in [-0.3, -0.25) is 9.88 Å². The minimum atomic E-state index is -2.15. The summed E-state index contributed by atoms with van der Waals surface area (Å²) in [4.78, 5) is 10.3. The van der Waals surface area contributed by atoms with Crippen molar-refractivity contribution in [1.82, 2.24) is 5.09 Å². The van der Waals surface area contributed by atoms with Gasteiger partial charge in [0.25, 0.3) is 0 Å². The summed E-state index contributed by atoms with van der Waals surface area (Å²) < 4.78 is 10.9. The molecule has 0 aromatic carbocycles. The largest absolute Gasteiger partial charge is 0.480 e. The van der Waals surface area contributed by atoms with Gasteiger partial charge in [-0.15, -0.1) is 6.58 Å². The van der Waals surface area contributed by atoms with E-state index >= 15 is 0 Å². The second kappa shape index (κ2) is 5.94. The highest BCUT2D eigenvalue weighted by Gasteiger charge is 2.16. The molecule has 0 radical (unpaired) electrons. The molecule has 5 nitrogen and oxygen atoms in total. The summed E-state index contributed by atoms with van der Waals surface area (Å²) in [5, 5.41) is 19.2. The van der Waals surface area contributed by atoms with Gasteiger partial charge in [-0.2, -0.15) is 0 Å². The van der Waals surface area contributed by atoms with Gasteiger partial charge in [0, 0.05) is 6.16 Å². The van der Waals surface area contributed by atoms with Crippen LogP contribution >= 0.6 is 7.95 Å². The first-order valence-corrected chi connectivity index (χ1v) is 4.97. The van der Waals surface area contributed by atoms with Crippen molar-refractivity contribution in [2.24, 2.45) is 0 Å². The standard InChI is InChI=1S/C6H12NO4P/c1-2-3-12(11)7-5(4-8)6(9)10/h2,5,8,12H,1,3-4H2,(H,7,11)(H,9,10)/t5-/m0/s1. The number of rotatable bonds is 6. The summed E-state index contributed by atoms with van der Waals surface area (Å²) >= 11 is 0. The number of hydrogen-bond donors (Lipinski definition) is 3. The van der Waals surface area contributed by atoms with Crippen LogP contribution in [0.15, 0.2) is 12.7 Å². The van der Waals surface area contributed by atoms with E-state index in [1.165, 1.54) is 6.08 Å². The number of aliphatic hydroxyl groups excluding tert-OH is 1. The summed E-state index contributed by atoms with van der Waals surface area (Å²) in [5.74, 6) is -1.21. The van der Waals surface area contributed by atoms with E-state index in [9.17, 15) is 9.36 Å². The zero-order valence-electron chi connectivity index (χ0n) is 6.49. The lowest BCUT2D eigenvalue weighted by Gasteiger charge is -2.09. The van der Waals surface area contributed by atoms with Crippen molar-refractivity contribution < 1.29 is 19.6 Å². The number of hydrogen-bond acceptors (Lipinski definition) is 3. The zero-order valence-corrected chi connectivity index (χ0v) is 7.49. The third kappa shape index (κ3) is 4.28. The maximum Gasteiger partial charge on any atom is 0.323 e. The fourth-order valence-corrected chi connectivity index (χ4v) is 1.55. The number of carbonyl (C=O) groups is 1. The van der Waals surface area contributed by atoms with Crippen LogP contribution in [0.1, 0.15) is 0 Å². The highest BCUT2D eigenvalue weighted by Crippen LogP contribution is 2.14. The molecule has 6 heteroatoms. The Morgan fingerprint density at radius 2 is 2.33 bits per heavy atom. The maximum atomic E-state index is 10.9. The summed E-state index contributed by atoms with van der Waals surface area (Å²) in [5.41, 5.74) is 0. The Kier molecular flexibility index (Phi) is 5.62. The molecule has 0 rings (SSSR count). The van der Waals surface area contributed by atoms with Gasteiger partial charge in [-0.1, -0.05) is 6.08 Å². The average Bonchev–Trinajstić information content (AvgIpc) is 2.00. The van der Waals surface area contributed by atoms with Crippen molar-refractivity contribution in [2.45, 2.75) is 6.04 Å². The summed E-state index contributed by atoms with van der Waals surface area (Å²) in [6.45, 7) is 2.79. The van der Waals surface area contributed by atoms with Gasteiger partial charge in [0.2, 0.25) is 0 Å². The van der Waals surface area contributed by atoms with Gasteiger partial charge < -0.3 is 14.8 Å².